The van der Waals surface area contributed by atoms with Gasteiger partial charge in [0.15, 0.2) is 0 Å². The smallest absolute Gasteiger partial charge is 0.237 e. The van der Waals surface area contributed by atoms with Gasteiger partial charge < -0.3 is 11.1 Å². The van der Waals surface area contributed by atoms with Gasteiger partial charge in [-0.2, -0.15) is 0 Å². The second kappa shape index (κ2) is 6.53. The summed E-state index contributed by atoms with van der Waals surface area (Å²) in [4.78, 5) is 14.5. The number of nitrogens with zero attached hydrogens (tertiary/aromatic N) is 1. The SMILES string of the molecule is CCC(C)(C)NC(=O)C(C)N1CCC(CCN)C1. The van der Waals surface area contributed by atoms with E-state index in [9.17, 15) is 4.79 Å². The molecule has 106 valence electrons. The van der Waals surface area contributed by atoms with Crippen molar-refractivity contribution in [3.8, 4) is 0 Å². The van der Waals surface area contributed by atoms with Crippen LogP contribution in [0.3, 0.4) is 0 Å². The molecule has 2 atom stereocenters. The molecule has 2 unspecified atom stereocenters. The molecule has 0 radical (unpaired) electrons. The van der Waals surface area contributed by atoms with E-state index < -0.39 is 0 Å². The maximum Gasteiger partial charge on any atom is 0.237 e. The fourth-order valence-electron chi connectivity index (χ4n) is 2.38. The molecule has 1 rings (SSSR count). The summed E-state index contributed by atoms with van der Waals surface area (Å²) in [5.74, 6) is 0.819. The van der Waals surface area contributed by atoms with Gasteiger partial charge >= 0.3 is 0 Å². The van der Waals surface area contributed by atoms with Crippen molar-refractivity contribution in [3.05, 3.63) is 0 Å². The molecule has 4 heteroatoms. The summed E-state index contributed by atoms with van der Waals surface area (Å²) in [5, 5.41) is 3.12. The van der Waals surface area contributed by atoms with Crippen molar-refractivity contribution in [2.45, 2.75) is 58.5 Å². The van der Waals surface area contributed by atoms with Gasteiger partial charge in [-0.05, 0) is 59.0 Å². The van der Waals surface area contributed by atoms with Gasteiger partial charge in [-0.15, -0.1) is 0 Å². The molecular weight excluding hydrogens is 226 g/mol. The van der Waals surface area contributed by atoms with Gasteiger partial charge in [0.05, 0.1) is 6.04 Å². The van der Waals surface area contributed by atoms with Gasteiger partial charge in [0.1, 0.15) is 0 Å². The third kappa shape index (κ3) is 4.25. The summed E-state index contributed by atoms with van der Waals surface area (Å²) in [7, 11) is 0. The molecule has 0 aromatic carbocycles. The van der Waals surface area contributed by atoms with Crippen LogP contribution in [0.4, 0.5) is 0 Å². The van der Waals surface area contributed by atoms with E-state index in [2.05, 4.69) is 31.0 Å². The van der Waals surface area contributed by atoms with Crippen LogP contribution in [0.5, 0.6) is 0 Å². The van der Waals surface area contributed by atoms with Crippen LogP contribution in [0.25, 0.3) is 0 Å². The molecule has 0 bridgehead atoms. The lowest BCUT2D eigenvalue weighted by Gasteiger charge is -2.30. The van der Waals surface area contributed by atoms with Crippen LogP contribution in [0.2, 0.25) is 0 Å². The minimum Gasteiger partial charge on any atom is -0.350 e. The number of carbonyl (C=O) groups excluding carboxylic acids is 1. The first-order valence-electron chi connectivity index (χ1n) is 7.15. The number of amides is 1. The summed E-state index contributed by atoms with van der Waals surface area (Å²) in [6, 6.07) is -0.0291. The first-order valence-corrected chi connectivity index (χ1v) is 7.15. The average Bonchev–Trinajstić information content (AvgIpc) is 2.76. The quantitative estimate of drug-likeness (QED) is 0.753. The highest BCUT2D eigenvalue weighted by Crippen LogP contribution is 2.21. The van der Waals surface area contributed by atoms with Crippen LogP contribution in [0, 0.1) is 5.92 Å². The molecule has 4 nitrogen and oxygen atoms in total. The van der Waals surface area contributed by atoms with Crippen molar-refractivity contribution in [2.24, 2.45) is 11.7 Å². The molecule has 1 aliphatic rings. The predicted molar refractivity (Wildman–Crippen MR) is 75.3 cm³/mol. The topological polar surface area (TPSA) is 58.4 Å². The number of hydrogen-bond acceptors (Lipinski definition) is 3. The first kappa shape index (κ1) is 15.4. The molecule has 1 amide bonds. The second-order valence-corrected chi connectivity index (χ2v) is 6.13. The molecule has 1 saturated heterocycles. The highest BCUT2D eigenvalue weighted by molar-refractivity contribution is 5.82. The van der Waals surface area contributed by atoms with Gasteiger partial charge in [-0.25, -0.2) is 0 Å². The van der Waals surface area contributed by atoms with Crippen LogP contribution in [0.15, 0.2) is 0 Å². The molecule has 18 heavy (non-hydrogen) atoms. The van der Waals surface area contributed by atoms with E-state index in [-0.39, 0.29) is 17.5 Å². The fourth-order valence-corrected chi connectivity index (χ4v) is 2.38. The molecule has 0 saturated carbocycles. The van der Waals surface area contributed by atoms with E-state index in [1.54, 1.807) is 0 Å². The largest absolute Gasteiger partial charge is 0.350 e. The zero-order chi connectivity index (χ0) is 13.8. The average molecular weight is 255 g/mol. The van der Waals surface area contributed by atoms with E-state index in [0.29, 0.717) is 5.92 Å². The Morgan fingerprint density at radius 1 is 1.56 bits per heavy atom. The molecule has 0 aromatic heterocycles. The van der Waals surface area contributed by atoms with Crippen molar-refractivity contribution in [3.63, 3.8) is 0 Å². The summed E-state index contributed by atoms with van der Waals surface area (Å²) in [6.45, 7) is 11.0. The number of carbonyl (C=O) groups is 1. The van der Waals surface area contributed by atoms with Crippen LogP contribution in [-0.2, 0) is 4.79 Å². The van der Waals surface area contributed by atoms with E-state index >= 15 is 0 Å². The molecular formula is C14H29N3O. The minimum atomic E-state index is -0.109. The summed E-state index contributed by atoms with van der Waals surface area (Å²) in [5.41, 5.74) is 5.48. The fraction of sp³-hybridized carbons (Fsp3) is 0.929. The molecule has 1 heterocycles. The van der Waals surface area contributed by atoms with Gasteiger partial charge in [0.2, 0.25) is 5.91 Å². The van der Waals surface area contributed by atoms with E-state index in [4.69, 9.17) is 5.73 Å². The summed E-state index contributed by atoms with van der Waals surface area (Å²) in [6.07, 6.45) is 3.19. The minimum absolute atomic E-state index is 0.0291. The van der Waals surface area contributed by atoms with Crippen LogP contribution in [-0.4, -0.2) is 42.0 Å². The second-order valence-electron chi connectivity index (χ2n) is 6.13. The van der Waals surface area contributed by atoms with Gasteiger partial charge in [-0.3, -0.25) is 9.69 Å². The number of likely N-dealkylation sites (tertiary alicyclic amines) is 1. The number of nitrogens with two attached hydrogens (primary N) is 1. The highest BCUT2D eigenvalue weighted by atomic mass is 16.2. The zero-order valence-electron chi connectivity index (χ0n) is 12.3. The molecule has 0 aromatic rings. The third-order valence-electron chi connectivity index (χ3n) is 4.16. The Morgan fingerprint density at radius 2 is 2.22 bits per heavy atom. The van der Waals surface area contributed by atoms with E-state index in [1.807, 2.05) is 6.92 Å². The summed E-state index contributed by atoms with van der Waals surface area (Å²) < 4.78 is 0. The Hall–Kier alpha value is -0.610. The van der Waals surface area contributed by atoms with Crippen molar-refractivity contribution in [2.75, 3.05) is 19.6 Å². The van der Waals surface area contributed by atoms with E-state index in [0.717, 1.165) is 32.5 Å². The first-order chi connectivity index (χ1) is 8.39. The molecule has 0 spiro atoms. The number of nitrogens with one attached hydrogen (secondary N) is 1. The maximum atomic E-state index is 12.2. The lowest BCUT2D eigenvalue weighted by Crippen LogP contribution is -2.51. The molecule has 3 N–H and O–H groups in total. The Bertz CT molecular complexity index is 278. The van der Waals surface area contributed by atoms with Crippen molar-refractivity contribution < 1.29 is 4.79 Å². The van der Waals surface area contributed by atoms with Crippen LogP contribution >= 0.6 is 0 Å². The van der Waals surface area contributed by atoms with Crippen molar-refractivity contribution >= 4 is 5.91 Å². The van der Waals surface area contributed by atoms with E-state index in [1.165, 1.54) is 6.42 Å². The molecule has 1 fully saturated rings. The molecule has 0 aliphatic carbocycles. The maximum absolute atomic E-state index is 12.2. The monoisotopic (exact) mass is 255 g/mol. The zero-order valence-corrected chi connectivity index (χ0v) is 12.3. The Morgan fingerprint density at radius 3 is 2.78 bits per heavy atom. The van der Waals surface area contributed by atoms with Gasteiger partial charge in [0.25, 0.3) is 0 Å². The van der Waals surface area contributed by atoms with Crippen molar-refractivity contribution in [1.82, 2.24) is 10.2 Å². The highest BCUT2D eigenvalue weighted by Gasteiger charge is 2.30. The van der Waals surface area contributed by atoms with Gasteiger partial charge in [0, 0.05) is 12.1 Å². The van der Waals surface area contributed by atoms with Gasteiger partial charge in [-0.1, -0.05) is 6.92 Å². The number of rotatable bonds is 6. The lowest BCUT2D eigenvalue weighted by molar-refractivity contribution is -0.127. The Balaban J connectivity index is 2.45. The standard InChI is InChI=1S/C14H29N3O/c1-5-14(3,4)16-13(18)11(2)17-9-7-12(10-17)6-8-15/h11-12H,5-10,15H2,1-4H3,(H,16,18). The Labute approximate surface area is 111 Å². The summed E-state index contributed by atoms with van der Waals surface area (Å²) >= 11 is 0. The predicted octanol–water partition coefficient (Wildman–Crippen LogP) is 1.35. The lowest BCUT2D eigenvalue weighted by atomic mass is 10.0. The normalized spacial score (nSPS) is 23.1. The van der Waals surface area contributed by atoms with Crippen LogP contribution < -0.4 is 11.1 Å². The number of hydrogen-bond donors (Lipinski definition) is 2. The molecule has 1 aliphatic heterocycles. The third-order valence-corrected chi connectivity index (χ3v) is 4.16. The van der Waals surface area contributed by atoms with Crippen molar-refractivity contribution in [1.29, 1.82) is 0 Å². The Kier molecular flexibility index (Phi) is 5.60. The van der Waals surface area contributed by atoms with Crippen LogP contribution in [0.1, 0.15) is 47.0 Å².